The molecule has 5 atom stereocenters. The number of aryl methyl sites for hydroxylation is 1. The van der Waals surface area contributed by atoms with Crippen LogP contribution < -0.4 is 4.43 Å². The van der Waals surface area contributed by atoms with Gasteiger partial charge >= 0.3 is 0 Å². The monoisotopic (exact) mass is 458 g/mol. The molecule has 2 N–H and O–H groups in total. The van der Waals surface area contributed by atoms with Crippen molar-refractivity contribution in [2.75, 3.05) is 6.61 Å². The second-order valence-electron chi connectivity index (χ2n) is 12.8. The number of fused-ring (bicyclic) bond motifs is 5. The van der Waals surface area contributed by atoms with Gasteiger partial charge in [0.25, 0.3) is 0 Å². The van der Waals surface area contributed by atoms with Crippen molar-refractivity contribution in [1.29, 1.82) is 0 Å². The fourth-order valence-electron chi connectivity index (χ4n) is 7.12. The van der Waals surface area contributed by atoms with Crippen LogP contribution in [0.3, 0.4) is 0 Å². The minimum atomic E-state index is -1.83. The van der Waals surface area contributed by atoms with Gasteiger partial charge in [0, 0.05) is 6.61 Å². The van der Waals surface area contributed by atoms with E-state index in [0.29, 0.717) is 17.8 Å². The first-order chi connectivity index (χ1) is 14.9. The Morgan fingerprint density at radius 3 is 2.53 bits per heavy atom. The van der Waals surface area contributed by atoms with Crippen molar-refractivity contribution in [3.8, 4) is 5.75 Å². The highest BCUT2D eigenvalue weighted by atomic mass is 28.4. The minimum Gasteiger partial charge on any atom is -0.543 e. The van der Waals surface area contributed by atoms with E-state index in [0.717, 1.165) is 50.7 Å². The number of aliphatic hydroxyl groups is 2. The van der Waals surface area contributed by atoms with Crippen LogP contribution in [0.1, 0.15) is 96.1 Å². The number of hydrogen-bond donors (Lipinski definition) is 2. The van der Waals surface area contributed by atoms with Crippen LogP contribution in [0.4, 0.5) is 0 Å². The molecule has 0 aromatic heterocycles. The van der Waals surface area contributed by atoms with Gasteiger partial charge in [-0.1, -0.05) is 33.8 Å². The molecule has 0 saturated heterocycles. The highest BCUT2D eigenvalue weighted by molar-refractivity contribution is 6.74. The molecule has 0 radical (unpaired) electrons. The molecule has 0 spiro atoms. The molecule has 0 aliphatic heterocycles. The summed E-state index contributed by atoms with van der Waals surface area (Å²) in [5, 5.41) is 21.1. The van der Waals surface area contributed by atoms with Crippen molar-refractivity contribution in [3.05, 3.63) is 29.3 Å². The van der Waals surface area contributed by atoms with E-state index in [-0.39, 0.29) is 17.1 Å². The van der Waals surface area contributed by atoms with E-state index in [2.05, 4.69) is 59.0 Å². The Morgan fingerprint density at radius 2 is 1.84 bits per heavy atom. The zero-order valence-electron chi connectivity index (χ0n) is 21.3. The zero-order valence-corrected chi connectivity index (χ0v) is 22.3. The van der Waals surface area contributed by atoms with Gasteiger partial charge in [0.2, 0.25) is 8.32 Å². The summed E-state index contributed by atoms with van der Waals surface area (Å²) in [6, 6.07) is 6.95. The summed E-state index contributed by atoms with van der Waals surface area (Å²) in [6.45, 7) is 14.2. The van der Waals surface area contributed by atoms with Gasteiger partial charge in [-0.25, -0.2) is 0 Å². The molecule has 2 fully saturated rings. The van der Waals surface area contributed by atoms with Crippen molar-refractivity contribution in [2.45, 2.75) is 115 Å². The van der Waals surface area contributed by atoms with Crippen LogP contribution in [0.25, 0.3) is 0 Å². The van der Waals surface area contributed by atoms with Crippen LogP contribution in [0.15, 0.2) is 18.2 Å². The molecule has 4 rings (SSSR count). The second-order valence-corrected chi connectivity index (χ2v) is 17.6. The molecule has 0 unspecified atom stereocenters. The van der Waals surface area contributed by atoms with Gasteiger partial charge in [-0.3, -0.25) is 0 Å². The van der Waals surface area contributed by atoms with E-state index in [9.17, 15) is 10.2 Å². The Balaban J connectivity index is 1.53. The maximum Gasteiger partial charge on any atom is 0.250 e. The summed E-state index contributed by atoms with van der Waals surface area (Å²) >= 11 is 0. The van der Waals surface area contributed by atoms with Crippen molar-refractivity contribution < 1.29 is 14.6 Å². The topological polar surface area (TPSA) is 49.7 Å². The first-order valence-electron chi connectivity index (χ1n) is 13.1. The highest BCUT2D eigenvalue weighted by Crippen LogP contribution is 2.65. The third-order valence-corrected chi connectivity index (χ3v) is 14.6. The molecular formula is C28H46O3Si. The van der Waals surface area contributed by atoms with Crippen LogP contribution in [-0.2, 0) is 6.42 Å². The average Bonchev–Trinajstić information content (AvgIpc) is 2.98. The molecule has 180 valence electrons. The maximum absolute atomic E-state index is 11.7. The molecule has 32 heavy (non-hydrogen) atoms. The summed E-state index contributed by atoms with van der Waals surface area (Å²) in [7, 11) is -1.83. The third-order valence-electron chi connectivity index (χ3n) is 10.2. The Kier molecular flexibility index (Phi) is 6.40. The standard InChI is InChI=1S/C28H46O3Si/c1-26(2,3)32(5,6)31-21-10-12-22-20(19-21)9-11-24-23(22)13-16-27(4)25(24)14-17-28(27,30)15-7-8-18-29/h10,12,19,23-25,29-30H,7-9,11,13-18H2,1-6H3/t23-,24-,25+,27+,28+/m1/s1. The lowest BCUT2D eigenvalue weighted by molar-refractivity contribution is -0.108. The highest BCUT2D eigenvalue weighted by Gasteiger charge is 2.60. The summed E-state index contributed by atoms with van der Waals surface area (Å²) in [4.78, 5) is 0. The van der Waals surface area contributed by atoms with Gasteiger partial charge in [0.1, 0.15) is 5.75 Å². The van der Waals surface area contributed by atoms with E-state index in [1.165, 1.54) is 18.4 Å². The fourth-order valence-corrected chi connectivity index (χ4v) is 8.14. The van der Waals surface area contributed by atoms with E-state index < -0.39 is 13.9 Å². The van der Waals surface area contributed by atoms with Crippen molar-refractivity contribution >= 4 is 8.32 Å². The first kappa shape index (κ1) is 24.3. The van der Waals surface area contributed by atoms with E-state index in [1.807, 2.05) is 0 Å². The number of rotatable bonds is 6. The summed E-state index contributed by atoms with van der Waals surface area (Å²) < 4.78 is 6.62. The van der Waals surface area contributed by atoms with Gasteiger partial charge in [0.05, 0.1) is 5.60 Å². The predicted octanol–water partition coefficient (Wildman–Crippen LogP) is 6.82. The molecule has 0 heterocycles. The smallest absolute Gasteiger partial charge is 0.250 e. The lowest BCUT2D eigenvalue weighted by Gasteiger charge is -2.53. The molecule has 1 aromatic carbocycles. The van der Waals surface area contributed by atoms with Gasteiger partial charge < -0.3 is 14.6 Å². The predicted molar refractivity (Wildman–Crippen MR) is 135 cm³/mol. The van der Waals surface area contributed by atoms with Crippen molar-refractivity contribution in [2.24, 2.45) is 17.3 Å². The third kappa shape index (κ3) is 3.99. The van der Waals surface area contributed by atoms with Crippen LogP contribution >= 0.6 is 0 Å². The molecular weight excluding hydrogens is 412 g/mol. The van der Waals surface area contributed by atoms with Gasteiger partial charge in [-0.05, 0) is 122 Å². The molecule has 0 amide bonds. The number of aliphatic hydroxyl groups excluding tert-OH is 1. The Bertz CT molecular complexity index is 828. The normalized spacial score (nSPS) is 34.6. The Morgan fingerprint density at radius 1 is 1.09 bits per heavy atom. The summed E-state index contributed by atoms with van der Waals surface area (Å²) in [5.74, 6) is 3.02. The van der Waals surface area contributed by atoms with E-state index in [1.54, 1.807) is 5.56 Å². The lowest BCUT2D eigenvalue weighted by atomic mass is 9.53. The van der Waals surface area contributed by atoms with Crippen LogP contribution in [0.2, 0.25) is 18.1 Å². The number of unbranched alkanes of at least 4 members (excludes halogenated alkanes) is 1. The van der Waals surface area contributed by atoms with E-state index >= 15 is 0 Å². The Hall–Kier alpha value is -0.843. The first-order valence-corrected chi connectivity index (χ1v) is 16.0. The summed E-state index contributed by atoms with van der Waals surface area (Å²) in [5.41, 5.74) is 2.55. The molecule has 1 aromatic rings. The zero-order chi connectivity index (χ0) is 23.4. The van der Waals surface area contributed by atoms with Crippen LogP contribution in [0, 0.1) is 17.3 Å². The Labute approximate surface area is 197 Å². The molecule has 3 nitrogen and oxygen atoms in total. The minimum absolute atomic E-state index is 0.0342. The van der Waals surface area contributed by atoms with Gasteiger partial charge in [-0.2, -0.15) is 0 Å². The molecule has 0 bridgehead atoms. The average molecular weight is 459 g/mol. The quantitative estimate of drug-likeness (QED) is 0.363. The summed E-state index contributed by atoms with van der Waals surface area (Å²) in [6.07, 6.45) is 9.39. The van der Waals surface area contributed by atoms with E-state index in [4.69, 9.17) is 4.43 Å². The van der Waals surface area contributed by atoms with Crippen molar-refractivity contribution in [3.63, 3.8) is 0 Å². The molecule has 3 aliphatic carbocycles. The number of benzene rings is 1. The molecule has 2 saturated carbocycles. The second kappa shape index (κ2) is 8.43. The largest absolute Gasteiger partial charge is 0.543 e. The van der Waals surface area contributed by atoms with Gasteiger partial charge in [0.15, 0.2) is 0 Å². The maximum atomic E-state index is 11.7. The lowest BCUT2D eigenvalue weighted by Crippen LogP contribution is -2.50. The van der Waals surface area contributed by atoms with Crippen LogP contribution in [0.5, 0.6) is 5.75 Å². The number of hydrogen-bond acceptors (Lipinski definition) is 3. The molecule has 3 aliphatic rings. The fraction of sp³-hybridized carbons (Fsp3) is 0.786. The molecule has 4 heteroatoms. The van der Waals surface area contributed by atoms with Gasteiger partial charge in [-0.15, -0.1) is 0 Å². The SMILES string of the molecule is CC(C)(C)[Si](C)(C)Oc1ccc2c(c1)CC[C@@H]1[C@@H]2CC[C@@]2(C)[C@H]1CC[C@@]2(O)CCCCO. The van der Waals surface area contributed by atoms with Crippen LogP contribution in [-0.4, -0.2) is 30.7 Å². The van der Waals surface area contributed by atoms with Crippen molar-refractivity contribution in [1.82, 2.24) is 0 Å².